The molecule has 0 spiro atoms. The second-order valence-corrected chi connectivity index (χ2v) is 4.92. The van der Waals surface area contributed by atoms with Gasteiger partial charge in [-0.25, -0.2) is 9.18 Å². The van der Waals surface area contributed by atoms with Gasteiger partial charge in [0.25, 0.3) is 5.91 Å². The molecule has 2 amide bonds. The van der Waals surface area contributed by atoms with Crippen LogP contribution in [0, 0.1) is 5.82 Å². The maximum Gasteiger partial charge on any atom is 0.338 e. The van der Waals surface area contributed by atoms with Crippen molar-refractivity contribution in [3.8, 4) is 5.75 Å². The maximum atomic E-state index is 13.5. The van der Waals surface area contributed by atoms with Gasteiger partial charge in [-0.05, 0) is 32.0 Å². The Morgan fingerprint density at radius 3 is 2.48 bits per heavy atom. The summed E-state index contributed by atoms with van der Waals surface area (Å²) in [4.78, 5) is 34.5. The van der Waals surface area contributed by atoms with Crippen molar-refractivity contribution in [3.05, 3.63) is 29.6 Å². The number of rotatable bonds is 7. The molecule has 0 fully saturated rings. The van der Waals surface area contributed by atoms with E-state index in [4.69, 9.17) is 9.47 Å². The van der Waals surface area contributed by atoms with Crippen molar-refractivity contribution in [2.75, 3.05) is 20.3 Å². The van der Waals surface area contributed by atoms with Crippen molar-refractivity contribution in [1.29, 1.82) is 0 Å². The topological polar surface area (TPSA) is 93.7 Å². The van der Waals surface area contributed by atoms with E-state index in [0.29, 0.717) is 0 Å². The molecule has 0 atom stereocenters. The van der Waals surface area contributed by atoms with Gasteiger partial charge in [0.05, 0.1) is 19.2 Å². The van der Waals surface area contributed by atoms with Crippen LogP contribution in [0.5, 0.6) is 5.75 Å². The summed E-state index contributed by atoms with van der Waals surface area (Å²) < 4.78 is 22.9. The highest BCUT2D eigenvalue weighted by Crippen LogP contribution is 2.18. The Morgan fingerprint density at radius 1 is 1.22 bits per heavy atom. The van der Waals surface area contributed by atoms with Gasteiger partial charge in [0, 0.05) is 6.04 Å². The molecule has 7 nitrogen and oxygen atoms in total. The SMILES string of the molecule is COc1ccc(C(=O)OCC(=O)NCC(=O)NC(C)C)cc1F. The highest BCUT2D eigenvalue weighted by molar-refractivity contribution is 5.92. The number of amides is 2. The molecular formula is C15H19FN2O5. The fourth-order valence-electron chi connectivity index (χ4n) is 1.61. The predicted octanol–water partition coefficient (Wildman–Crippen LogP) is 0.632. The third kappa shape index (κ3) is 6.33. The second kappa shape index (κ2) is 8.72. The normalized spacial score (nSPS) is 10.1. The first kappa shape index (κ1) is 18.4. The molecule has 0 aliphatic carbocycles. The largest absolute Gasteiger partial charge is 0.494 e. The van der Waals surface area contributed by atoms with Gasteiger partial charge < -0.3 is 20.1 Å². The lowest BCUT2D eigenvalue weighted by Crippen LogP contribution is -2.41. The van der Waals surface area contributed by atoms with Crippen LogP contribution in [0.15, 0.2) is 18.2 Å². The summed E-state index contributed by atoms with van der Waals surface area (Å²) in [6, 6.07) is 3.51. The first-order chi connectivity index (χ1) is 10.8. The average molecular weight is 326 g/mol. The fraction of sp³-hybridized carbons (Fsp3) is 0.400. The van der Waals surface area contributed by atoms with Gasteiger partial charge in [-0.1, -0.05) is 0 Å². The van der Waals surface area contributed by atoms with Crippen LogP contribution < -0.4 is 15.4 Å². The van der Waals surface area contributed by atoms with Gasteiger partial charge in [0.1, 0.15) is 0 Å². The molecule has 8 heteroatoms. The summed E-state index contributed by atoms with van der Waals surface area (Å²) in [6.07, 6.45) is 0. The second-order valence-electron chi connectivity index (χ2n) is 4.92. The lowest BCUT2D eigenvalue weighted by molar-refractivity contribution is -0.128. The molecule has 0 aliphatic heterocycles. The summed E-state index contributed by atoms with van der Waals surface area (Å²) in [6.45, 7) is 2.79. The average Bonchev–Trinajstić information content (AvgIpc) is 2.49. The van der Waals surface area contributed by atoms with Gasteiger partial charge in [-0.3, -0.25) is 9.59 Å². The number of hydrogen-bond acceptors (Lipinski definition) is 5. The number of carbonyl (C=O) groups excluding carboxylic acids is 3. The lowest BCUT2D eigenvalue weighted by atomic mass is 10.2. The number of esters is 1. The Bertz CT molecular complexity index is 589. The summed E-state index contributed by atoms with van der Waals surface area (Å²) in [5, 5.41) is 4.89. The molecule has 0 aliphatic rings. The number of halogens is 1. The zero-order chi connectivity index (χ0) is 17.4. The molecule has 1 rings (SSSR count). The third-order valence-corrected chi connectivity index (χ3v) is 2.62. The molecule has 0 bridgehead atoms. The monoisotopic (exact) mass is 326 g/mol. The van der Waals surface area contributed by atoms with Crippen LogP contribution in [-0.2, 0) is 14.3 Å². The van der Waals surface area contributed by atoms with Crippen LogP contribution in [0.4, 0.5) is 4.39 Å². The van der Waals surface area contributed by atoms with Crippen molar-refractivity contribution in [3.63, 3.8) is 0 Å². The molecule has 0 radical (unpaired) electrons. The van der Waals surface area contributed by atoms with Crippen LogP contribution in [0.1, 0.15) is 24.2 Å². The van der Waals surface area contributed by atoms with E-state index < -0.39 is 24.3 Å². The minimum absolute atomic E-state index is 0.00421. The van der Waals surface area contributed by atoms with E-state index in [2.05, 4.69) is 10.6 Å². The van der Waals surface area contributed by atoms with E-state index in [1.807, 2.05) is 0 Å². The highest BCUT2D eigenvalue weighted by Gasteiger charge is 2.13. The van der Waals surface area contributed by atoms with Crippen molar-refractivity contribution >= 4 is 17.8 Å². The summed E-state index contributed by atoms with van der Waals surface area (Å²) >= 11 is 0. The first-order valence-electron chi connectivity index (χ1n) is 6.90. The zero-order valence-electron chi connectivity index (χ0n) is 13.1. The fourth-order valence-corrected chi connectivity index (χ4v) is 1.61. The Labute approximate surface area is 133 Å². The quantitative estimate of drug-likeness (QED) is 0.717. The minimum atomic E-state index is -0.853. The van der Waals surface area contributed by atoms with Gasteiger partial charge >= 0.3 is 5.97 Å². The molecule has 1 aromatic carbocycles. The van der Waals surface area contributed by atoms with Crippen LogP contribution in [0.2, 0.25) is 0 Å². The van der Waals surface area contributed by atoms with Crippen molar-refractivity contribution in [2.24, 2.45) is 0 Å². The van der Waals surface area contributed by atoms with Crippen LogP contribution in [0.25, 0.3) is 0 Å². The van der Waals surface area contributed by atoms with Gasteiger partial charge in [-0.15, -0.1) is 0 Å². The Balaban J connectivity index is 2.42. The molecule has 0 unspecified atom stereocenters. The number of hydrogen-bond donors (Lipinski definition) is 2. The highest BCUT2D eigenvalue weighted by atomic mass is 19.1. The van der Waals surface area contributed by atoms with Gasteiger partial charge in [0.15, 0.2) is 18.2 Å². The number of ether oxygens (including phenoxy) is 2. The van der Waals surface area contributed by atoms with E-state index in [-0.39, 0.29) is 29.8 Å². The van der Waals surface area contributed by atoms with E-state index in [9.17, 15) is 18.8 Å². The van der Waals surface area contributed by atoms with Crippen molar-refractivity contribution < 1.29 is 28.2 Å². The molecule has 2 N–H and O–H groups in total. The van der Waals surface area contributed by atoms with Gasteiger partial charge in [-0.2, -0.15) is 0 Å². The van der Waals surface area contributed by atoms with Gasteiger partial charge in [0.2, 0.25) is 5.91 Å². The third-order valence-electron chi connectivity index (χ3n) is 2.62. The van der Waals surface area contributed by atoms with Crippen LogP contribution in [0.3, 0.4) is 0 Å². The maximum absolute atomic E-state index is 13.5. The molecule has 0 saturated carbocycles. The molecule has 0 heterocycles. The van der Waals surface area contributed by atoms with E-state index in [1.54, 1.807) is 13.8 Å². The predicted molar refractivity (Wildman–Crippen MR) is 79.5 cm³/mol. The lowest BCUT2D eigenvalue weighted by Gasteiger charge is -2.09. The van der Waals surface area contributed by atoms with Crippen LogP contribution >= 0.6 is 0 Å². The Hall–Kier alpha value is -2.64. The summed E-state index contributed by atoms with van der Waals surface area (Å²) in [7, 11) is 1.30. The Kier molecular flexibility index (Phi) is 6.98. The van der Waals surface area contributed by atoms with Crippen molar-refractivity contribution in [2.45, 2.75) is 19.9 Å². The standard InChI is InChI=1S/C15H19FN2O5/c1-9(2)18-13(19)7-17-14(20)8-23-15(21)10-4-5-12(22-3)11(16)6-10/h4-6,9H,7-8H2,1-3H3,(H,17,20)(H,18,19). The van der Waals surface area contributed by atoms with E-state index in [1.165, 1.54) is 19.2 Å². The van der Waals surface area contributed by atoms with Crippen molar-refractivity contribution in [1.82, 2.24) is 10.6 Å². The molecular weight excluding hydrogens is 307 g/mol. The molecule has 0 aromatic heterocycles. The van der Waals surface area contributed by atoms with E-state index >= 15 is 0 Å². The number of nitrogens with one attached hydrogen (secondary N) is 2. The minimum Gasteiger partial charge on any atom is -0.494 e. The molecule has 23 heavy (non-hydrogen) atoms. The van der Waals surface area contributed by atoms with Crippen LogP contribution in [-0.4, -0.2) is 44.1 Å². The molecule has 0 saturated heterocycles. The summed E-state index contributed by atoms with van der Waals surface area (Å²) in [5.74, 6) is -2.55. The first-order valence-corrected chi connectivity index (χ1v) is 6.90. The Morgan fingerprint density at radius 2 is 1.91 bits per heavy atom. The van der Waals surface area contributed by atoms with E-state index in [0.717, 1.165) is 6.07 Å². The number of benzene rings is 1. The molecule has 126 valence electrons. The number of carbonyl (C=O) groups is 3. The number of methoxy groups -OCH3 is 1. The molecule has 1 aromatic rings. The summed E-state index contributed by atoms with van der Waals surface area (Å²) in [5.41, 5.74) is -0.0475. The zero-order valence-corrected chi connectivity index (χ0v) is 13.1. The smallest absolute Gasteiger partial charge is 0.338 e.